The predicted octanol–water partition coefficient (Wildman–Crippen LogP) is 1.48. The quantitative estimate of drug-likeness (QED) is 0.591. The third kappa shape index (κ3) is 8.52. The molecule has 0 spiro atoms. The molecule has 0 aliphatic rings. The minimum Gasteiger partial charge on any atom is -0.480 e. The Balaban J connectivity index is 4.51. The van der Waals surface area contributed by atoms with Crippen LogP contribution in [0, 0.1) is 17.4 Å². The molecule has 0 saturated carbocycles. The van der Waals surface area contributed by atoms with Crippen LogP contribution in [0.4, 0.5) is 0 Å². The molecule has 0 radical (unpaired) electrons. The second-order valence-electron chi connectivity index (χ2n) is 5.49. The van der Waals surface area contributed by atoms with Gasteiger partial charge in [0.05, 0.1) is 0 Å². The van der Waals surface area contributed by atoms with Gasteiger partial charge in [-0.3, -0.25) is 4.79 Å². The molecule has 0 aromatic heterocycles. The number of rotatable bonds is 4. The molecule has 0 aromatic carbocycles. The largest absolute Gasteiger partial charge is 0.480 e. The summed E-state index contributed by atoms with van der Waals surface area (Å²) in [4.78, 5) is 22.4. The molecule has 0 aliphatic carbocycles. The fourth-order valence-electron chi connectivity index (χ4n) is 1.13. The van der Waals surface area contributed by atoms with Crippen LogP contribution in [0.25, 0.3) is 0 Å². The summed E-state index contributed by atoms with van der Waals surface area (Å²) in [5.74, 6) is 1.18. The summed E-state index contributed by atoms with van der Waals surface area (Å²) in [6, 6.07) is -0.849. The molecule has 0 aromatic rings. The molecule has 17 heavy (non-hydrogen) atoms. The summed E-state index contributed by atoms with van der Waals surface area (Å²) >= 11 is 0. The summed E-state index contributed by atoms with van der Waals surface area (Å²) in [6.45, 7) is 9.90. The van der Waals surface area contributed by atoms with E-state index in [1.165, 1.54) is 0 Å². The van der Waals surface area contributed by atoms with Gasteiger partial charge in [-0.1, -0.05) is 33.5 Å². The first-order valence-corrected chi connectivity index (χ1v) is 9.18. The Hall–Kier alpha value is -1.28. The SMILES string of the molecule is CC(C)CC(NC(=O)C#C[Si](C)(C)C)C(=O)O. The lowest BCUT2D eigenvalue weighted by molar-refractivity contribution is -0.141. The highest BCUT2D eigenvalue weighted by Gasteiger charge is 2.20. The highest BCUT2D eigenvalue weighted by molar-refractivity contribution is 6.84. The molecule has 0 saturated heterocycles. The van der Waals surface area contributed by atoms with E-state index < -0.39 is 26.0 Å². The van der Waals surface area contributed by atoms with E-state index >= 15 is 0 Å². The molecule has 1 atom stereocenters. The zero-order chi connectivity index (χ0) is 13.6. The lowest BCUT2D eigenvalue weighted by Crippen LogP contribution is -2.41. The van der Waals surface area contributed by atoms with Gasteiger partial charge in [0.25, 0.3) is 5.91 Å². The van der Waals surface area contributed by atoms with Gasteiger partial charge in [-0.2, -0.15) is 0 Å². The van der Waals surface area contributed by atoms with E-state index in [1.54, 1.807) is 0 Å². The summed E-state index contributed by atoms with van der Waals surface area (Å²) in [5.41, 5.74) is 2.90. The maximum atomic E-state index is 11.5. The molecule has 0 heterocycles. The summed E-state index contributed by atoms with van der Waals surface area (Å²) in [7, 11) is -1.60. The van der Waals surface area contributed by atoms with Crippen LogP contribution in [0.15, 0.2) is 0 Å². The summed E-state index contributed by atoms with van der Waals surface area (Å²) in [5, 5.41) is 11.4. The Morgan fingerprint density at radius 1 is 1.29 bits per heavy atom. The Morgan fingerprint density at radius 3 is 2.18 bits per heavy atom. The van der Waals surface area contributed by atoms with Crippen molar-refractivity contribution in [3.8, 4) is 11.5 Å². The Labute approximate surface area is 104 Å². The highest BCUT2D eigenvalue weighted by atomic mass is 28.3. The van der Waals surface area contributed by atoms with Gasteiger partial charge in [0, 0.05) is 0 Å². The van der Waals surface area contributed by atoms with E-state index in [-0.39, 0.29) is 5.92 Å². The van der Waals surface area contributed by atoms with Crippen molar-refractivity contribution >= 4 is 20.0 Å². The van der Waals surface area contributed by atoms with Crippen molar-refractivity contribution in [1.82, 2.24) is 5.32 Å². The van der Waals surface area contributed by atoms with Crippen molar-refractivity contribution in [2.24, 2.45) is 5.92 Å². The molecule has 0 fully saturated rings. The molecule has 5 heteroatoms. The third-order valence-corrected chi connectivity index (χ3v) is 2.74. The van der Waals surface area contributed by atoms with Gasteiger partial charge in [-0.15, -0.1) is 5.54 Å². The first kappa shape index (κ1) is 15.7. The normalized spacial score (nSPS) is 12.6. The van der Waals surface area contributed by atoms with E-state index in [9.17, 15) is 9.59 Å². The topological polar surface area (TPSA) is 66.4 Å². The second kappa shape index (κ2) is 6.45. The van der Waals surface area contributed by atoms with E-state index in [0.29, 0.717) is 6.42 Å². The summed E-state index contributed by atoms with van der Waals surface area (Å²) < 4.78 is 0. The average Bonchev–Trinajstić information content (AvgIpc) is 2.11. The zero-order valence-corrected chi connectivity index (χ0v) is 12.1. The lowest BCUT2D eigenvalue weighted by atomic mass is 10.0. The minimum atomic E-state index is -1.60. The number of hydrogen-bond donors (Lipinski definition) is 2. The molecule has 2 N–H and O–H groups in total. The van der Waals surface area contributed by atoms with Gasteiger partial charge in [0.15, 0.2) is 0 Å². The first-order valence-electron chi connectivity index (χ1n) is 5.68. The monoisotopic (exact) mass is 255 g/mol. The fourth-order valence-corrected chi connectivity index (χ4v) is 1.62. The molecular weight excluding hydrogens is 234 g/mol. The lowest BCUT2D eigenvalue weighted by Gasteiger charge is -2.14. The van der Waals surface area contributed by atoms with Gasteiger partial charge < -0.3 is 10.4 Å². The van der Waals surface area contributed by atoms with Crippen LogP contribution in [-0.4, -0.2) is 31.1 Å². The molecule has 0 rings (SSSR count). The van der Waals surface area contributed by atoms with Crippen LogP contribution < -0.4 is 5.32 Å². The van der Waals surface area contributed by atoms with E-state index in [2.05, 4.69) is 16.8 Å². The van der Waals surface area contributed by atoms with Crippen molar-refractivity contribution in [2.45, 2.75) is 46.0 Å². The maximum absolute atomic E-state index is 11.5. The molecule has 1 amide bonds. The van der Waals surface area contributed by atoms with Crippen molar-refractivity contribution in [3.63, 3.8) is 0 Å². The van der Waals surface area contributed by atoms with Crippen molar-refractivity contribution in [1.29, 1.82) is 0 Å². The number of amides is 1. The zero-order valence-electron chi connectivity index (χ0n) is 11.1. The number of carbonyl (C=O) groups excluding carboxylic acids is 1. The number of carbonyl (C=O) groups is 2. The number of nitrogens with one attached hydrogen (secondary N) is 1. The Kier molecular flexibility index (Phi) is 5.96. The maximum Gasteiger partial charge on any atom is 0.326 e. The van der Waals surface area contributed by atoms with Crippen LogP contribution in [0.3, 0.4) is 0 Å². The van der Waals surface area contributed by atoms with Crippen LogP contribution in [0.1, 0.15) is 20.3 Å². The van der Waals surface area contributed by atoms with Gasteiger partial charge in [0.1, 0.15) is 14.1 Å². The van der Waals surface area contributed by atoms with Crippen LogP contribution >= 0.6 is 0 Å². The Bertz CT molecular complexity index is 347. The number of carboxylic acids is 1. The number of hydrogen-bond acceptors (Lipinski definition) is 2. The van der Waals surface area contributed by atoms with Crippen molar-refractivity contribution < 1.29 is 14.7 Å². The van der Waals surface area contributed by atoms with Gasteiger partial charge >= 0.3 is 5.97 Å². The fraction of sp³-hybridized carbons (Fsp3) is 0.667. The second-order valence-corrected chi connectivity index (χ2v) is 10.2. The number of carboxylic acid groups (broad SMARTS) is 1. The predicted molar refractivity (Wildman–Crippen MR) is 70.1 cm³/mol. The van der Waals surface area contributed by atoms with Crippen LogP contribution in [0.5, 0.6) is 0 Å². The molecule has 96 valence electrons. The standard InChI is InChI=1S/C12H21NO3Si/c1-9(2)8-10(12(15)16)13-11(14)6-7-17(3,4)5/h9-10H,8H2,1-5H3,(H,13,14)(H,15,16). The van der Waals surface area contributed by atoms with Crippen molar-refractivity contribution in [2.75, 3.05) is 0 Å². The van der Waals surface area contributed by atoms with E-state index in [0.717, 1.165) is 0 Å². The molecule has 0 aliphatic heterocycles. The van der Waals surface area contributed by atoms with Gasteiger partial charge in [-0.25, -0.2) is 4.79 Å². The van der Waals surface area contributed by atoms with Crippen molar-refractivity contribution in [3.05, 3.63) is 0 Å². The van der Waals surface area contributed by atoms with Gasteiger partial charge in [-0.05, 0) is 18.3 Å². The van der Waals surface area contributed by atoms with E-state index in [1.807, 2.05) is 33.5 Å². The first-order chi connectivity index (χ1) is 7.61. The van der Waals surface area contributed by atoms with Crippen LogP contribution in [0.2, 0.25) is 19.6 Å². The Morgan fingerprint density at radius 2 is 1.82 bits per heavy atom. The number of aliphatic carboxylic acids is 1. The minimum absolute atomic E-state index is 0.210. The summed E-state index contributed by atoms with van der Waals surface area (Å²) in [6.07, 6.45) is 0.412. The highest BCUT2D eigenvalue weighted by Crippen LogP contribution is 2.04. The molecule has 1 unspecified atom stereocenters. The van der Waals surface area contributed by atoms with E-state index in [4.69, 9.17) is 5.11 Å². The van der Waals surface area contributed by atoms with Crippen LogP contribution in [-0.2, 0) is 9.59 Å². The molecule has 0 bridgehead atoms. The molecule has 4 nitrogen and oxygen atoms in total. The smallest absolute Gasteiger partial charge is 0.326 e. The van der Waals surface area contributed by atoms with Gasteiger partial charge in [0.2, 0.25) is 0 Å². The third-order valence-electron chi connectivity index (χ3n) is 1.86. The average molecular weight is 255 g/mol. The molecular formula is C12H21NO3Si.